The van der Waals surface area contributed by atoms with E-state index in [1.54, 1.807) is 0 Å². The fourth-order valence-electron chi connectivity index (χ4n) is 2.75. The molecule has 0 bridgehead atoms. The number of fused-ring (bicyclic) bond motifs is 1. The van der Waals surface area contributed by atoms with Gasteiger partial charge in [-0.2, -0.15) is 0 Å². The van der Waals surface area contributed by atoms with Gasteiger partial charge in [-0.1, -0.05) is 6.07 Å². The van der Waals surface area contributed by atoms with Gasteiger partial charge in [-0.3, -0.25) is 0 Å². The highest BCUT2D eigenvalue weighted by Crippen LogP contribution is 2.30. The molecule has 0 spiro atoms. The zero-order valence-corrected chi connectivity index (χ0v) is 12.1. The highest BCUT2D eigenvalue weighted by atomic mass is 16.5. The highest BCUT2D eigenvalue weighted by molar-refractivity contribution is 5.96. The van der Waals surface area contributed by atoms with Gasteiger partial charge in [-0.25, -0.2) is 4.98 Å². The Morgan fingerprint density at radius 3 is 2.75 bits per heavy atom. The Hall–Kier alpha value is -1.81. The van der Waals surface area contributed by atoms with Crippen LogP contribution in [-0.2, 0) is 0 Å². The first-order valence-corrected chi connectivity index (χ1v) is 7.18. The highest BCUT2D eigenvalue weighted by Gasteiger charge is 2.19. The lowest BCUT2D eigenvalue weighted by Crippen LogP contribution is -2.35. The smallest absolute Gasteiger partial charge is 0.221 e. The van der Waals surface area contributed by atoms with E-state index in [4.69, 9.17) is 4.74 Å². The average molecular weight is 271 g/mol. The van der Waals surface area contributed by atoms with Crippen molar-refractivity contribution < 1.29 is 4.74 Å². The molecule has 0 saturated carbocycles. The minimum Gasteiger partial charge on any atom is -0.474 e. The van der Waals surface area contributed by atoms with Crippen LogP contribution in [0.4, 0.5) is 5.69 Å². The number of nitrogens with zero attached hydrogens (tertiary/aromatic N) is 2. The van der Waals surface area contributed by atoms with Crippen LogP contribution in [0.2, 0.25) is 0 Å². The summed E-state index contributed by atoms with van der Waals surface area (Å²) in [5.74, 6) is 0.758. The van der Waals surface area contributed by atoms with Gasteiger partial charge in [0.25, 0.3) is 0 Å². The summed E-state index contributed by atoms with van der Waals surface area (Å²) in [6.45, 7) is 2.19. The summed E-state index contributed by atoms with van der Waals surface area (Å²) < 4.78 is 6.15. The van der Waals surface area contributed by atoms with Gasteiger partial charge in [-0.05, 0) is 38.1 Å². The summed E-state index contributed by atoms with van der Waals surface area (Å²) in [6.07, 6.45) is 4.25. The molecule has 1 aromatic heterocycles. The second kappa shape index (κ2) is 5.67. The minimum atomic E-state index is 0.280. The van der Waals surface area contributed by atoms with E-state index in [9.17, 15) is 0 Å². The van der Waals surface area contributed by atoms with Crippen molar-refractivity contribution in [2.45, 2.75) is 18.9 Å². The van der Waals surface area contributed by atoms with E-state index in [0.29, 0.717) is 0 Å². The van der Waals surface area contributed by atoms with Gasteiger partial charge in [0.05, 0.1) is 0 Å². The molecule has 4 nitrogen and oxygen atoms in total. The van der Waals surface area contributed by atoms with Crippen LogP contribution in [0, 0.1) is 0 Å². The largest absolute Gasteiger partial charge is 0.474 e. The monoisotopic (exact) mass is 271 g/mol. The van der Waals surface area contributed by atoms with Gasteiger partial charge < -0.3 is 15.0 Å². The molecule has 1 aliphatic heterocycles. The number of nitrogens with one attached hydrogen (secondary N) is 1. The summed E-state index contributed by atoms with van der Waals surface area (Å²) in [5.41, 5.74) is 1.11. The molecular weight excluding hydrogens is 250 g/mol. The molecule has 0 unspecified atom stereocenters. The standard InChI is InChI=1S/C16H21N3O/c1-17-15-5-3-4-14-13(15)6-9-18-16(14)20-12-7-10-19(2)11-8-12/h3-6,9,12,17H,7-8,10-11H2,1-2H3. The molecule has 20 heavy (non-hydrogen) atoms. The summed E-state index contributed by atoms with van der Waals surface area (Å²) in [5, 5.41) is 5.46. The fourth-order valence-corrected chi connectivity index (χ4v) is 2.75. The summed E-state index contributed by atoms with van der Waals surface area (Å²) in [4.78, 5) is 6.77. The van der Waals surface area contributed by atoms with Crippen molar-refractivity contribution in [3.05, 3.63) is 30.5 Å². The molecule has 2 heterocycles. The van der Waals surface area contributed by atoms with Crippen LogP contribution in [0.5, 0.6) is 5.88 Å². The second-order valence-electron chi connectivity index (χ2n) is 5.39. The van der Waals surface area contributed by atoms with Crippen LogP contribution in [-0.4, -0.2) is 43.2 Å². The van der Waals surface area contributed by atoms with Crippen LogP contribution >= 0.6 is 0 Å². The Kier molecular flexibility index (Phi) is 3.74. The van der Waals surface area contributed by atoms with Gasteiger partial charge in [0, 0.05) is 42.8 Å². The molecule has 0 amide bonds. The Labute approximate surface area is 119 Å². The minimum absolute atomic E-state index is 0.280. The maximum atomic E-state index is 6.15. The van der Waals surface area contributed by atoms with Gasteiger partial charge in [-0.15, -0.1) is 0 Å². The van der Waals surface area contributed by atoms with Crippen molar-refractivity contribution >= 4 is 16.5 Å². The van der Waals surface area contributed by atoms with E-state index in [0.717, 1.165) is 48.3 Å². The SMILES string of the molecule is CNc1cccc2c(OC3CCN(C)CC3)nccc12. The number of aromatic nitrogens is 1. The number of anilines is 1. The van der Waals surface area contributed by atoms with Crippen molar-refractivity contribution in [2.24, 2.45) is 0 Å². The molecule has 1 saturated heterocycles. The number of piperidine rings is 1. The first-order chi connectivity index (χ1) is 9.78. The van der Waals surface area contributed by atoms with Crippen LogP contribution in [0.1, 0.15) is 12.8 Å². The zero-order valence-electron chi connectivity index (χ0n) is 12.1. The second-order valence-corrected chi connectivity index (χ2v) is 5.39. The molecule has 3 rings (SSSR count). The molecular formula is C16H21N3O. The predicted octanol–water partition coefficient (Wildman–Crippen LogP) is 2.75. The van der Waals surface area contributed by atoms with Gasteiger partial charge >= 0.3 is 0 Å². The molecule has 1 fully saturated rings. The first kappa shape index (κ1) is 13.2. The third-order valence-electron chi connectivity index (χ3n) is 3.98. The van der Waals surface area contributed by atoms with Crippen molar-refractivity contribution in [1.82, 2.24) is 9.88 Å². The average Bonchev–Trinajstić information content (AvgIpc) is 2.49. The van der Waals surface area contributed by atoms with E-state index in [-0.39, 0.29) is 6.10 Å². The molecule has 0 aliphatic carbocycles. The number of hydrogen-bond donors (Lipinski definition) is 1. The zero-order chi connectivity index (χ0) is 13.9. The topological polar surface area (TPSA) is 37.4 Å². The van der Waals surface area contributed by atoms with Crippen molar-refractivity contribution in [1.29, 1.82) is 0 Å². The third kappa shape index (κ3) is 2.56. The van der Waals surface area contributed by atoms with E-state index in [2.05, 4.69) is 34.4 Å². The molecule has 1 aliphatic rings. The normalized spacial score (nSPS) is 17.3. The van der Waals surface area contributed by atoms with E-state index < -0.39 is 0 Å². The van der Waals surface area contributed by atoms with Gasteiger partial charge in [0.2, 0.25) is 5.88 Å². The lowest BCUT2D eigenvalue weighted by atomic mass is 10.1. The van der Waals surface area contributed by atoms with Gasteiger partial charge in [0.15, 0.2) is 0 Å². The molecule has 2 aromatic rings. The van der Waals surface area contributed by atoms with Crippen LogP contribution in [0.25, 0.3) is 10.8 Å². The Bertz CT molecular complexity index is 591. The molecule has 0 atom stereocenters. The molecule has 1 N–H and O–H groups in total. The Morgan fingerprint density at radius 2 is 2.00 bits per heavy atom. The number of hydrogen-bond acceptors (Lipinski definition) is 4. The molecule has 1 aromatic carbocycles. The lowest BCUT2D eigenvalue weighted by Gasteiger charge is -2.29. The quantitative estimate of drug-likeness (QED) is 0.931. The van der Waals surface area contributed by atoms with Gasteiger partial charge in [0.1, 0.15) is 6.10 Å². The van der Waals surface area contributed by atoms with E-state index in [1.165, 1.54) is 0 Å². The number of likely N-dealkylation sites (tertiary alicyclic amines) is 1. The predicted molar refractivity (Wildman–Crippen MR) is 82.4 cm³/mol. The fraction of sp³-hybridized carbons (Fsp3) is 0.438. The Balaban J connectivity index is 1.88. The molecule has 106 valence electrons. The summed E-state index contributed by atoms with van der Waals surface area (Å²) >= 11 is 0. The number of pyridine rings is 1. The van der Waals surface area contributed by atoms with Crippen LogP contribution in [0.15, 0.2) is 30.5 Å². The number of rotatable bonds is 3. The third-order valence-corrected chi connectivity index (χ3v) is 3.98. The molecule has 0 radical (unpaired) electrons. The lowest BCUT2D eigenvalue weighted by molar-refractivity contribution is 0.111. The summed E-state index contributed by atoms with van der Waals surface area (Å²) in [7, 11) is 4.10. The maximum absolute atomic E-state index is 6.15. The van der Waals surface area contributed by atoms with Crippen molar-refractivity contribution in [3.8, 4) is 5.88 Å². The summed E-state index contributed by atoms with van der Waals surface area (Å²) in [6, 6.07) is 8.22. The van der Waals surface area contributed by atoms with Crippen LogP contribution < -0.4 is 10.1 Å². The first-order valence-electron chi connectivity index (χ1n) is 7.18. The number of benzene rings is 1. The van der Waals surface area contributed by atoms with E-state index >= 15 is 0 Å². The Morgan fingerprint density at radius 1 is 1.20 bits per heavy atom. The number of ether oxygens (including phenoxy) is 1. The van der Waals surface area contributed by atoms with Crippen molar-refractivity contribution in [2.75, 3.05) is 32.5 Å². The maximum Gasteiger partial charge on any atom is 0.221 e. The van der Waals surface area contributed by atoms with Crippen molar-refractivity contribution in [3.63, 3.8) is 0 Å². The molecule has 4 heteroatoms. The van der Waals surface area contributed by atoms with E-state index in [1.807, 2.05) is 25.4 Å². The van der Waals surface area contributed by atoms with Crippen LogP contribution in [0.3, 0.4) is 0 Å².